The number of guanidine groups is 1. The predicted octanol–water partition coefficient (Wildman–Crippen LogP) is 2.89. The Kier molecular flexibility index (Phi) is 8.85. The van der Waals surface area contributed by atoms with E-state index in [2.05, 4.69) is 27.3 Å². The highest BCUT2D eigenvalue weighted by molar-refractivity contribution is 14.0. The van der Waals surface area contributed by atoms with Crippen molar-refractivity contribution in [2.75, 3.05) is 39.5 Å². The van der Waals surface area contributed by atoms with Crippen LogP contribution in [0.5, 0.6) is 5.75 Å². The SMILES string of the molecule is CN=C(NCCS(=O)(=O)C(C)(C)C)N1CCC(c2ccc(OC)cc2)C1.I. The zero-order chi connectivity index (χ0) is 19.4. The molecule has 1 unspecified atom stereocenters. The number of aliphatic imine (C=N–C) groups is 1. The van der Waals surface area contributed by atoms with Crippen molar-refractivity contribution in [2.45, 2.75) is 37.9 Å². The quantitative estimate of drug-likeness (QED) is 0.376. The molecule has 0 spiro atoms. The van der Waals surface area contributed by atoms with E-state index in [1.165, 1.54) is 5.56 Å². The minimum Gasteiger partial charge on any atom is -0.497 e. The summed E-state index contributed by atoms with van der Waals surface area (Å²) in [5.74, 6) is 2.18. The first-order valence-corrected chi connectivity index (χ1v) is 10.6. The van der Waals surface area contributed by atoms with Crippen LogP contribution in [0.3, 0.4) is 0 Å². The highest BCUT2D eigenvalue weighted by Crippen LogP contribution is 2.28. The van der Waals surface area contributed by atoms with Crippen molar-refractivity contribution in [1.82, 2.24) is 10.2 Å². The van der Waals surface area contributed by atoms with Crippen LogP contribution in [-0.4, -0.2) is 63.6 Å². The summed E-state index contributed by atoms with van der Waals surface area (Å²) in [7, 11) is 0.272. The largest absolute Gasteiger partial charge is 0.497 e. The van der Waals surface area contributed by atoms with E-state index >= 15 is 0 Å². The molecule has 27 heavy (non-hydrogen) atoms. The number of benzene rings is 1. The van der Waals surface area contributed by atoms with Gasteiger partial charge in [-0.05, 0) is 44.9 Å². The fraction of sp³-hybridized carbons (Fsp3) is 0.632. The molecule has 1 aliphatic heterocycles. The third kappa shape index (κ3) is 6.23. The Morgan fingerprint density at radius 2 is 1.93 bits per heavy atom. The van der Waals surface area contributed by atoms with Crippen LogP contribution in [-0.2, 0) is 9.84 Å². The third-order valence-corrected chi connectivity index (χ3v) is 7.48. The average molecular weight is 509 g/mol. The highest BCUT2D eigenvalue weighted by Gasteiger charge is 2.29. The summed E-state index contributed by atoms with van der Waals surface area (Å²) < 4.78 is 28.9. The maximum Gasteiger partial charge on any atom is 0.193 e. The van der Waals surface area contributed by atoms with Crippen LogP contribution >= 0.6 is 24.0 Å². The number of ether oxygens (including phenoxy) is 1. The average Bonchev–Trinajstić information content (AvgIpc) is 3.07. The van der Waals surface area contributed by atoms with Gasteiger partial charge in [0.1, 0.15) is 5.75 Å². The number of nitrogens with one attached hydrogen (secondary N) is 1. The van der Waals surface area contributed by atoms with Gasteiger partial charge in [-0.1, -0.05) is 12.1 Å². The molecule has 2 rings (SSSR count). The standard InChI is InChI=1S/C19H31N3O3S.HI/c1-19(2,3)26(23,24)13-11-21-18(20-4)22-12-10-16(14-22)15-6-8-17(25-5)9-7-15;/h6-9,16H,10-14H2,1-5H3,(H,20,21);1H. The summed E-state index contributed by atoms with van der Waals surface area (Å²) in [5.41, 5.74) is 1.29. The second-order valence-electron chi connectivity index (χ2n) is 7.61. The Labute approximate surface area is 180 Å². The van der Waals surface area contributed by atoms with Crippen LogP contribution in [0.2, 0.25) is 0 Å². The smallest absolute Gasteiger partial charge is 0.193 e. The van der Waals surface area contributed by atoms with E-state index in [-0.39, 0.29) is 29.7 Å². The lowest BCUT2D eigenvalue weighted by Crippen LogP contribution is -2.43. The summed E-state index contributed by atoms with van der Waals surface area (Å²) in [4.78, 5) is 6.52. The summed E-state index contributed by atoms with van der Waals surface area (Å²) >= 11 is 0. The van der Waals surface area contributed by atoms with Gasteiger partial charge in [-0.15, -0.1) is 24.0 Å². The van der Waals surface area contributed by atoms with E-state index in [1.54, 1.807) is 34.9 Å². The maximum atomic E-state index is 12.2. The van der Waals surface area contributed by atoms with E-state index in [4.69, 9.17) is 4.74 Å². The van der Waals surface area contributed by atoms with Crippen molar-refractivity contribution < 1.29 is 13.2 Å². The topological polar surface area (TPSA) is 71.0 Å². The van der Waals surface area contributed by atoms with Gasteiger partial charge in [0.15, 0.2) is 15.8 Å². The molecule has 1 heterocycles. The van der Waals surface area contributed by atoms with Crippen molar-refractivity contribution in [3.05, 3.63) is 29.8 Å². The highest BCUT2D eigenvalue weighted by atomic mass is 127. The number of rotatable bonds is 5. The van der Waals surface area contributed by atoms with E-state index in [0.717, 1.165) is 31.2 Å². The first-order valence-electron chi connectivity index (χ1n) is 9.00. The molecule has 1 aliphatic rings. The molecule has 1 N–H and O–H groups in total. The Bertz CT molecular complexity index is 728. The minimum atomic E-state index is -3.13. The number of sulfone groups is 1. The van der Waals surface area contributed by atoms with Crippen LogP contribution in [0, 0.1) is 0 Å². The van der Waals surface area contributed by atoms with Crippen LogP contribution in [0.4, 0.5) is 0 Å². The van der Waals surface area contributed by atoms with E-state index in [9.17, 15) is 8.42 Å². The van der Waals surface area contributed by atoms with Crippen molar-refractivity contribution in [2.24, 2.45) is 4.99 Å². The Balaban J connectivity index is 0.00000364. The molecule has 1 aromatic rings. The van der Waals surface area contributed by atoms with Gasteiger partial charge in [0.25, 0.3) is 0 Å². The Morgan fingerprint density at radius 3 is 2.44 bits per heavy atom. The van der Waals surface area contributed by atoms with E-state index < -0.39 is 14.6 Å². The lowest BCUT2D eigenvalue weighted by Gasteiger charge is -2.23. The van der Waals surface area contributed by atoms with Gasteiger partial charge in [0, 0.05) is 32.6 Å². The van der Waals surface area contributed by atoms with E-state index in [0.29, 0.717) is 12.5 Å². The van der Waals surface area contributed by atoms with Gasteiger partial charge in [-0.3, -0.25) is 4.99 Å². The Hall–Kier alpha value is -1.03. The van der Waals surface area contributed by atoms with Gasteiger partial charge < -0.3 is 15.0 Å². The molecule has 1 aromatic carbocycles. The molecule has 1 saturated heterocycles. The second-order valence-corrected chi connectivity index (χ2v) is 10.5. The number of hydrogen-bond acceptors (Lipinski definition) is 4. The van der Waals surface area contributed by atoms with Crippen LogP contribution in [0.1, 0.15) is 38.7 Å². The number of likely N-dealkylation sites (tertiary alicyclic amines) is 1. The molecule has 0 saturated carbocycles. The van der Waals surface area contributed by atoms with E-state index in [1.807, 2.05) is 12.1 Å². The third-order valence-electron chi connectivity index (χ3n) is 4.87. The van der Waals surface area contributed by atoms with Gasteiger partial charge in [0.2, 0.25) is 0 Å². The molecular weight excluding hydrogens is 477 g/mol. The Morgan fingerprint density at radius 1 is 1.30 bits per heavy atom. The molecule has 0 bridgehead atoms. The summed E-state index contributed by atoms with van der Waals surface area (Å²) in [6.45, 7) is 7.35. The molecule has 1 atom stereocenters. The molecule has 0 aromatic heterocycles. The van der Waals surface area contributed by atoms with Gasteiger partial charge in [-0.25, -0.2) is 8.42 Å². The number of halogens is 1. The van der Waals surface area contributed by atoms with Gasteiger partial charge in [0.05, 0.1) is 17.6 Å². The molecule has 0 radical (unpaired) electrons. The molecule has 0 aliphatic carbocycles. The molecule has 6 nitrogen and oxygen atoms in total. The predicted molar refractivity (Wildman–Crippen MR) is 122 cm³/mol. The van der Waals surface area contributed by atoms with Crippen molar-refractivity contribution in [3.63, 3.8) is 0 Å². The number of hydrogen-bond donors (Lipinski definition) is 1. The van der Waals surface area contributed by atoms with Crippen molar-refractivity contribution in [1.29, 1.82) is 0 Å². The molecular formula is C19H32IN3O3S. The van der Waals surface area contributed by atoms with Crippen molar-refractivity contribution in [3.8, 4) is 5.75 Å². The summed E-state index contributed by atoms with van der Waals surface area (Å²) in [6.07, 6.45) is 1.05. The fourth-order valence-corrected chi connectivity index (χ4v) is 4.02. The lowest BCUT2D eigenvalue weighted by molar-refractivity contribution is 0.414. The van der Waals surface area contributed by atoms with Gasteiger partial charge >= 0.3 is 0 Å². The second kappa shape index (κ2) is 9.95. The van der Waals surface area contributed by atoms with Gasteiger partial charge in [-0.2, -0.15) is 0 Å². The van der Waals surface area contributed by atoms with Crippen LogP contribution < -0.4 is 10.1 Å². The monoisotopic (exact) mass is 509 g/mol. The van der Waals surface area contributed by atoms with Crippen molar-refractivity contribution >= 4 is 39.8 Å². The zero-order valence-electron chi connectivity index (χ0n) is 16.9. The molecule has 0 amide bonds. The molecule has 8 heteroatoms. The molecule has 154 valence electrons. The lowest BCUT2D eigenvalue weighted by atomic mass is 9.98. The first-order chi connectivity index (χ1) is 12.2. The number of methoxy groups -OCH3 is 1. The zero-order valence-corrected chi connectivity index (χ0v) is 20.0. The fourth-order valence-electron chi connectivity index (χ4n) is 3.04. The number of nitrogens with zero attached hydrogens (tertiary/aromatic N) is 2. The maximum absolute atomic E-state index is 12.2. The van der Waals surface area contributed by atoms with Crippen LogP contribution in [0.25, 0.3) is 0 Å². The summed E-state index contributed by atoms with van der Waals surface area (Å²) in [6, 6.07) is 8.20. The normalized spacial score (nSPS) is 18.2. The molecule has 1 fully saturated rings. The van der Waals surface area contributed by atoms with Crippen LogP contribution in [0.15, 0.2) is 29.3 Å². The minimum absolute atomic E-state index is 0. The summed E-state index contributed by atoms with van der Waals surface area (Å²) in [5, 5.41) is 3.21. The first kappa shape index (κ1) is 24.0.